The van der Waals surface area contributed by atoms with Gasteiger partial charge >= 0.3 is 0 Å². The van der Waals surface area contributed by atoms with Crippen LogP contribution in [0.3, 0.4) is 0 Å². The minimum atomic E-state index is 0.458. The fourth-order valence-electron chi connectivity index (χ4n) is 3.07. The minimum absolute atomic E-state index is 0.458. The van der Waals surface area contributed by atoms with Crippen LogP contribution in [0.4, 0.5) is 5.69 Å². The maximum atomic E-state index is 6.06. The summed E-state index contributed by atoms with van der Waals surface area (Å²) in [6.45, 7) is 0. The molecule has 2 aromatic carbocycles. The molecule has 2 nitrogen and oxygen atoms in total. The van der Waals surface area contributed by atoms with E-state index in [4.69, 9.17) is 11.6 Å². The Kier molecular flexibility index (Phi) is 2.71. The van der Waals surface area contributed by atoms with Crippen molar-refractivity contribution in [2.24, 2.45) is 0 Å². The van der Waals surface area contributed by atoms with Crippen LogP contribution in [0.15, 0.2) is 48.7 Å². The van der Waals surface area contributed by atoms with Gasteiger partial charge in [-0.15, -0.1) is 0 Å². The molecule has 1 heterocycles. The fraction of sp³-hybridized carbons (Fsp3) is 0.176. The molecule has 2 N–H and O–H groups in total. The summed E-state index contributed by atoms with van der Waals surface area (Å²) in [6, 6.07) is 15.2. The van der Waals surface area contributed by atoms with E-state index in [9.17, 15) is 0 Å². The Hall–Kier alpha value is -1.93. The third-order valence-electron chi connectivity index (χ3n) is 4.03. The maximum Gasteiger partial charge on any atom is 0.0455 e. The summed E-state index contributed by atoms with van der Waals surface area (Å²) in [6.07, 6.45) is 4.08. The van der Waals surface area contributed by atoms with Gasteiger partial charge < -0.3 is 10.3 Å². The van der Waals surface area contributed by atoms with Gasteiger partial charge in [-0.2, -0.15) is 0 Å². The molecule has 1 atom stereocenters. The van der Waals surface area contributed by atoms with Crippen LogP contribution in [0.2, 0.25) is 5.02 Å². The quantitative estimate of drug-likeness (QED) is 0.716. The van der Waals surface area contributed by atoms with E-state index in [0.717, 1.165) is 17.9 Å². The van der Waals surface area contributed by atoms with Crippen molar-refractivity contribution in [2.45, 2.75) is 18.9 Å². The van der Waals surface area contributed by atoms with E-state index >= 15 is 0 Å². The SMILES string of the molecule is Clc1ccc2c(c1)CC(Nc1ccc3[nH]ccc3c1)C2. The Labute approximate surface area is 122 Å². The van der Waals surface area contributed by atoms with Gasteiger partial charge in [0.2, 0.25) is 0 Å². The van der Waals surface area contributed by atoms with E-state index in [1.165, 1.54) is 27.7 Å². The highest BCUT2D eigenvalue weighted by molar-refractivity contribution is 6.30. The molecule has 1 unspecified atom stereocenters. The standard InChI is InChI=1S/C17H15ClN2/c18-14-2-1-11-8-16(10-13(11)7-14)20-15-3-4-17-12(9-15)5-6-19-17/h1-7,9,16,19-20H,8,10H2. The molecule has 20 heavy (non-hydrogen) atoms. The van der Waals surface area contributed by atoms with Crippen molar-refractivity contribution in [2.75, 3.05) is 5.32 Å². The second-order valence-corrected chi connectivity index (χ2v) is 5.88. The Morgan fingerprint density at radius 2 is 1.90 bits per heavy atom. The summed E-state index contributed by atoms with van der Waals surface area (Å²) in [5.41, 5.74) is 5.14. The molecule has 1 aliphatic carbocycles. The van der Waals surface area contributed by atoms with Gasteiger partial charge in [-0.1, -0.05) is 17.7 Å². The van der Waals surface area contributed by atoms with E-state index in [1.807, 2.05) is 12.3 Å². The van der Waals surface area contributed by atoms with E-state index in [2.05, 4.69) is 46.7 Å². The molecule has 1 aromatic heterocycles. The first-order valence-electron chi connectivity index (χ1n) is 6.89. The zero-order chi connectivity index (χ0) is 13.5. The number of hydrogen-bond donors (Lipinski definition) is 2. The fourth-order valence-corrected chi connectivity index (χ4v) is 3.26. The van der Waals surface area contributed by atoms with Crippen molar-refractivity contribution < 1.29 is 0 Å². The second-order valence-electron chi connectivity index (χ2n) is 5.44. The normalized spacial score (nSPS) is 17.4. The largest absolute Gasteiger partial charge is 0.382 e. The van der Waals surface area contributed by atoms with Gasteiger partial charge in [0, 0.05) is 33.9 Å². The first-order valence-corrected chi connectivity index (χ1v) is 7.27. The molecular weight excluding hydrogens is 268 g/mol. The van der Waals surface area contributed by atoms with Crippen LogP contribution >= 0.6 is 11.6 Å². The Morgan fingerprint density at radius 1 is 1.00 bits per heavy atom. The Bertz CT molecular complexity index is 776. The summed E-state index contributed by atoms with van der Waals surface area (Å²) < 4.78 is 0. The Morgan fingerprint density at radius 3 is 2.85 bits per heavy atom. The van der Waals surface area contributed by atoms with E-state index < -0.39 is 0 Å². The van der Waals surface area contributed by atoms with E-state index in [1.54, 1.807) is 0 Å². The molecule has 0 bridgehead atoms. The molecule has 0 fully saturated rings. The minimum Gasteiger partial charge on any atom is -0.382 e. The van der Waals surface area contributed by atoms with Crippen molar-refractivity contribution in [3.63, 3.8) is 0 Å². The molecule has 0 spiro atoms. The topological polar surface area (TPSA) is 27.8 Å². The number of aromatic nitrogens is 1. The molecule has 3 aromatic rings. The number of halogens is 1. The number of anilines is 1. The highest BCUT2D eigenvalue weighted by Crippen LogP contribution is 2.28. The van der Waals surface area contributed by atoms with Gasteiger partial charge in [-0.3, -0.25) is 0 Å². The summed E-state index contributed by atoms with van der Waals surface area (Å²) in [5.74, 6) is 0. The molecule has 100 valence electrons. The summed E-state index contributed by atoms with van der Waals surface area (Å²) in [5, 5.41) is 5.71. The number of aromatic amines is 1. The average molecular weight is 283 g/mol. The summed E-state index contributed by atoms with van der Waals surface area (Å²) in [7, 11) is 0. The van der Waals surface area contributed by atoms with E-state index in [-0.39, 0.29) is 0 Å². The number of hydrogen-bond acceptors (Lipinski definition) is 1. The zero-order valence-corrected chi connectivity index (χ0v) is 11.7. The number of rotatable bonds is 2. The van der Waals surface area contributed by atoms with Crippen molar-refractivity contribution >= 4 is 28.2 Å². The van der Waals surface area contributed by atoms with Gasteiger partial charge in [0.15, 0.2) is 0 Å². The lowest BCUT2D eigenvalue weighted by Gasteiger charge is -2.13. The third kappa shape index (κ3) is 2.06. The van der Waals surface area contributed by atoms with Gasteiger partial charge in [-0.25, -0.2) is 0 Å². The average Bonchev–Trinajstić information content (AvgIpc) is 3.03. The number of benzene rings is 2. The van der Waals surface area contributed by atoms with Crippen LogP contribution in [0.5, 0.6) is 0 Å². The summed E-state index contributed by atoms with van der Waals surface area (Å²) >= 11 is 6.06. The lowest BCUT2D eigenvalue weighted by molar-refractivity contribution is 0.774. The smallest absolute Gasteiger partial charge is 0.0455 e. The molecule has 3 heteroatoms. The first kappa shape index (κ1) is 11.9. The van der Waals surface area contributed by atoms with Crippen molar-refractivity contribution in [1.29, 1.82) is 0 Å². The second kappa shape index (κ2) is 4.57. The predicted molar refractivity (Wildman–Crippen MR) is 84.6 cm³/mol. The molecule has 0 aliphatic heterocycles. The van der Waals surface area contributed by atoms with Gasteiger partial charge in [0.25, 0.3) is 0 Å². The van der Waals surface area contributed by atoms with Crippen molar-refractivity contribution in [3.8, 4) is 0 Å². The zero-order valence-electron chi connectivity index (χ0n) is 11.0. The van der Waals surface area contributed by atoms with Crippen LogP contribution in [-0.4, -0.2) is 11.0 Å². The molecule has 0 saturated heterocycles. The number of nitrogens with one attached hydrogen (secondary N) is 2. The monoisotopic (exact) mass is 282 g/mol. The van der Waals surface area contributed by atoms with Gasteiger partial charge in [-0.05, 0) is 60.4 Å². The molecule has 1 aliphatic rings. The van der Waals surface area contributed by atoms with Crippen LogP contribution < -0.4 is 5.32 Å². The number of H-pyrrole nitrogens is 1. The molecule has 0 amide bonds. The van der Waals surface area contributed by atoms with Crippen LogP contribution in [0.25, 0.3) is 10.9 Å². The molecule has 4 rings (SSSR count). The molecular formula is C17H15ClN2. The highest BCUT2D eigenvalue weighted by Gasteiger charge is 2.21. The van der Waals surface area contributed by atoms with Gasteiger partial charge in [0.05, 0.1) is 0 Å². The highest BCUT2D eigenvalue weighted by atomic mass is 35.5. The number of fused-ring (bicyclic) bond motifs is 2. The lowest BCUT2D eigenvalue weighted by Crippen LogP contribution is -2.19. The first-order chi connectivity index (χ1) is 9.78. The van der Waals surface area contributed by atoms with Crippen molar-refractivity contribution in [3.05, 3.63) is 64.8 Å². The third-order valence-corrected chi connectivity index (χ3v) is 4.26. The van der Waals surface area contributed by atoms with Crippen LogP contribution in [-0.2, 0) is 12.8 Å². The van der Waals surface area contributed by atoms with Gasteiger partial charge in [0.1, 0.15) is 0 Å². The van der Waals surface area contributed by atoms with Crippen molar-refractivity contribution in [1.82, 2.24) is 4.98 Å². The maximum absolute atomic E-state index is 6.06. The van der Waals surface area contributed by atoms with Crippen LogP contribution in [0, 0.1) is 0 Å². The molecule has 0 saturated carbocycles. The van der Waals surface area contributed by atoms with Crippen LogP contribution in [0.1, 0.15) is 11.1 Å². The van der Waals surface area contributed by atoms with E-state index in [0.29, 0.717) is 6.04 Å². The molecule has 0 radical (unpaired) electrons. The summed E-state index contributed by atoms with van der Waals surface area (Å²) in [4.78, 5) is 3.22. The predicted octanol–water partition coefficient (Wildman–Crippen LogP) is 4.40. The Balaban J connectivity index is 1.55. The lowest BCUT2D eigenvalue weighted by atomic mass is 10.1.